The summed E-state index contributed by atoms with van der Waals surface area (Å²) < 4.78 is 0. The van der Waals surface area contributed by atoms with Crippen molar-refractivity contribution in [3.63, 3.8) is 0 Å². The molecular formula is C78H132N18O17. The molecule has 0 unspecified atom stereocenters. The van der Waals surface area contributed by atoms with Crippen LogP contribution in [0.15, 0.2) is 54.6 Å². The summed E-state index contributed by atoms with van der Waals surface area (Å²) in [6, 6.07) is -4.35. The Morgan fingerprint density at radius 2 is 0.611 bits per heavy atom. The number of carbonyl (C=O) groups excluding carboxylic acids is 13. The van der Waals surface area contributed by atoms with Crippen LogP contribution in [0.25, 0.3) is 0 Å². The van der Waals surface area contributed by atoms with Gasteiger partial charge in [-0.3, -0.25) is 62.3 Å². The van der Waals surface area contributed by atoms with E-state index in [9.17, 15) is 82.4 Å². The van der Waals surface area contributed by atoms with E-state index < -0.39 is 197 Å². The van der Waals surface area contributed by atoms with Crippen molar-refractivity contribution in [2.24, 2.45) is 58.3 Å². The van der Waals surface area contributed by atoms with E-state index in [-0.39, 0.29) is 63.3 Å². The van der Waals surface area contributed by atoms with E-state index in [1.807, 2.05) is 0 Å². The van der Waals surface area contributed by atoms with Gasteiger partial charge in [-0.2, -0.15) is 0 Å². The zero-order valence-electron chi connectivity index (χ0n) is 68.1. The number of amides is 13. The maximum Gasteiger partial charge on any atom is 0.326 e. The lowest BCUT2D eigenvalue weighted by Crippen LogP contribution is -2.62. The Bertz CT molecular complexity index is 3370. The first-order valence-corrected chi connectivity index (χ1v) is 39.5. The van der Waals surface area contributed by atoms with Gasteiger partial charge in [-0.25, -0.2) is 4.79 Å². The van der Waals surface area contributed by atoms with Crippen molar-refractivity contribution in [3.8, 4) is 5.75 Å². The van der Waals surface area contributed by atoms with Crippen molar-refractivity contribution >= 4 is 82.8 Å². The Hall–Kier alpha value is -9.42. The lowest BCUT2D eigenvalue weighted by atomic mass is 9.97. The van der Waals surface area contributed by atoms with Crippen LogP contribution in [0.1, 0.15) is 185 Å². The number of aliphatic carboxylic acids is 1. The van der Waals surface area contributed by atoms with Crippen LogP contribution in [0, 0.1) is 29.6 Å². The SMILES string of the molecule is CC(C)C[C@H](NC(=O)[C@@H](NC(=O)[C@H](Cc1ccc(O)cc1)NC(=O)[C@@H](NC(=O)[C@H](C)NC(=O)[C@H](C)NC(=O)[C@@H](NC(=O)[C@@H](NC(=O)[C@H](CCCCN)NC(=O)[C@H](CCCCN)NC(=O)[C@H](CCCCN)NC(=O)[C@@H](N)CCCCN)C(C)C)C(C)C)[C@@H](C)O)C(C)C)C(=O)N[C@H](C(=O)N[C@@H](Cc1ccccc1)C(=O)O)C(C)C. The van der Waals surface area contributed by atoms with Crippen LogP contribution in [-0.2, 0) is 80.0 Å². The topological polar surface area (TPSA) is 586 Å². The number of hydrogen-bond acceptors (Lipinski definition) is 21. The highest BCUT2D eigenvalue weighted by Crippen LogP contribution is 2.18. The Kier molecular flexibility index (Phi) is 45.9. The van der Waals surface area contributed by atoms with Crippen molar-refractivity contribution in [2.45, 2.75) is 277 Å². The summed E-state index contributed by atoms with van der Waals surface area (Å²) in [5, 5.41) is 65.3. The number of aliphatic hydroxyl groups is 1. The molecule has 636 valence electrons. The molecule has 113 heavy (non-hydrogen) atoms. The van der Waals surface area contributed by atoms with Crippen molar-refractivity contribution < 1.29 is 82.4 Å². The lowest BCUT2D eigenvalue weighted by Gasteiger charge is -2.30. The van der Waals surface area contributed by atoms with Gasteiger partial charge in [0.2, 0.25) is 76.8 Å². The summed E-state index contributed by atoms with van der Waals surface area (Å²) in [7, 11) is 0. The van der Waals surface area contributed by atoms with E-state index in [0.29, 0.717) is 82.0 Å². The second kappa shape index (κ2) is 52.1. The van der Waals surface area contributed by atoms with Crippen molar-refractivity contribution in [1.29, 1.82) is 0 Å². The van der Waals surface area contributed by atoms with E-state index in [2.05, 4.69) is 69.1 Å². The normalized spacial score (nSPS) is 15.4. The molecule has 2 aromatic carbocycles. The van der Waals surface area contributed by atoms with Gasteiger partial charge in [-0.1, -0.05) is 118 Å². The molecule has 35 nitrogen and oxygen atoms in total. The van der Waals surface area contributed by atoms with Gasteiger partial charge in [0.15, 0.2) is 0 Å². The molecular weight excluding hydrogens is 1460 g/mol. The molecule has 0 saturated heterocycles. The predicted molar refractivity (Wildman–Crippen MR) is 426 cm³/mol. The van der Waals surface area contributed by atoms with E-state index in [1.165, 1.54) is 45.0 Å². The largest absolute Gasteiger partial charge is 0.508 e. The standard InChI is InChI=1S/C78H132N18O17/c1-42(2)39-57(71(105)93-62(45(7)8)75(109)91-59(78(112)113)41-50-25-15-14-16-26-50)89-74(108)61(44(5)6)94-72(106)58(40-51-31-33-52(98)34-32-51)90-77(111)64(49(13)97)96-66(100)48(12)84-65(99)47(11)85-73(107)60(43(3)4)95-76(110)63(46(9)10)92-70(104)56(30-20-24-38-82)88-69(103)55(29-19-23-37-81)87-68(102)54(28-18-22-36-80)86-67(101)53(83)27-17-21-35-79/h14-16,25-26,31-34,42-49,53-64,97-98H,17-24,27-30,35-41,79-83H2,1-13H3,(H,84,99)(H,85,107)(H,86,101)(H,87,102)(H,88,103)(H,89,108)(H,90,111)(H,91,109)(H,92,104)(H,93,105)(H,94,106)(H,95,110)(H,96,100)(H,112,113)/t47-,48-,49+,53-,54-,55-,56-,57-,58-,59-,60-,61-,62-,63-,64-/m0/s1. The minimum atomic E-state index is -1.80. The molecule has 13 amide bonds. The number of carboxylic acid groups (broad SMARTS) is 1. The predicted octanol–water partition coefficient (Wildman–Crippen LogP) is -1.50. The molecule has 15 atom stereocenters. The van der Waals surface area contributed by atoms with Crippen LogP contribution >= 0.6 is 0 Å². The molecule has 0 bridgehead atoms. The molecule has 0 spiro atoms. The van der Waals surface area contributed by atoms with Gasteiger partial charge in [-0.05, 0) is 177 Å². The van der Waals surface area contributed by atoms with Gasteiger partial charge in [-0.15, -0.1) is 0 Å². The van der Waals surface area contributed by atoms with Gasteiger partial charge in [0.1, 0.15) is 84.3 Å². The molecule has 0 saturated carbocycles. The molecule has 0 heterocycles. The van der Waals surface area contributed by atoms with Gasteiger partial charge in [0, 0.05) is 12.8 Å². The Balaban J connectivity index is 2.33. The second-order valence-corrected chi connectivity index (χ2v) is 30.7. The minimum absolute atomic E-state index is 0.0417. The quantitative estimate of drug-likeness (QED) is 0.0335. The fourth-order valence-electron chi connectivity index (χ4n) is 12.0. The average molecular weight is 1590 g/mol. The summed E-state index contributed by atoms with van der Waals surface area (Å²) in [5.74, 6) is -14.8. The van der Waals surface area contributed by atoms with E-state index in [1.54, 1.807) is 99.6 Å². The third kappa shape index (κ3) is 36.5. The summed E-state index contributed by atoms with van der Waals surface area (Å²) in [6.45, 7) is 21.6. The van der Waals surface area contributed by atoms with Crippen LogP contribution in [0.5, 0.6) is 5.75 Å². The number of aromatic hydroxyl groups is 1. The fraction of sp³-hybridized carbons (Fsp3) is 0.667. The molecule has 2 aromatic rings. The van der Waals surface area contributed by atoms with Crippen LogP contribution in [0.3, 0.4) is 0 Å². The van der Waals surface area contributed by atoms with Gasteiger partial charge in [0.25, 0.3) is 0 Å². The number of nitrogens with one attached hydrogen (secondary N) is 13. The first kappa shape index (κ1) is 99.7. The Morgan fingerprint density at radius 1 is 0.319 bits per heavy atom. The smallest absolute Gasteiger partial charge is 0.326 e. The third-order valence-electron chi connectivity index (χ3n) is 18.8. The first-order chi connectivity index (χ1) is 53.2. The summed E-state index contributed by atoms with van der Waals surface area (Å²) >= 11 is 0. The molecule has 0 aliphatic rings. The summed E-state index contributed by atoms with van der Waals surface area (Å²) in [4.78, 5) is 195. The molecule has 0 aromatic heterocycles. The van der Waals surface area contributed by atoms with Gasteiger partial charge in [0.05, 0.1) is 12.1 Å². The van der Waals surface area contributed by atoms with Crippen LogP contribution in [0.2, 0.25) is 0 Å². The zero-order valence-corrected chi connectivity index (χ0v) is 68.1. The van der Waals surface area contributed by atoms with Gasteiger partial charge < -0.3 is 113 Å². The summed E-state index contributed by atoms with van der Waals surface area (Å²) in [5.41, 5.74) is 30.2. The molecule has 26 N–H and O–H groups in total. The number of hydrogen-bond donors (Lipinski definition) is 21. The van der Waals surface area contributed by atoms with E-state index in [4.69, 9.17) is 28.7 Å². The van der Waals surface area contributed by atoms with Gasteiger partial charge >= 0.3 is 5.97 Å². The molecule has 0 aliphatic heterocycles. The van der Waals surface area contributed by atoms with Crippen LogP contribution in [0.4, 0.5) is 0 Å². The lowest BCUT2D eigenvalue weighted by molar-refractivity contribution is -0.142. The van der Waals surface area contributed by atoms with E-state index in [0.717, 1.165) is 0 Å². The molecule has 0 radical (unpaired) electrons. The third-order valence-corrected chi connectivity index (χ3v) is 18.8. The number of carbonyl (C=O) groups is 14. The number of carboxylic acids is 1. The van der Waals surface area contributed by atoms with Crippen molar-refractivity contribution in [3.05, 3.63) is 65.7 Å². The molecule has 0 fully saturated rings. The number of benzene rings is 2. The number of phenolic OH excluding ortho intramolecular Hbond substituents is 1. The molecule has 2 rings (SSSR count). The number of phenols is 1. The zero-order chi connectivity index (χ0) is 85.4. The monoisotopic (exact) mass is 1590 g/mol. The van der Waals surface area contributed by atoms with Crippen LogP contribution < -0.4 is 97.8 Å². The highest BCUT2D eigenvalue weighted by Gasteiger charge is 2.40. The number of unbranched alkanes of at least 4 members (excludes halogenated alkanes) is 4. The molecule has 0 aliphatic carbocycles. The maximum absolute atomic E-state index is 14.5. The van der Waals surface area contributed by atoms with Crippen LogP contribution in [-0.4, -0.2) is 215 Å². The van der Waals surface area contributed by atoms with E-state index >= 15 is 0 Å². The number of aliphatic hydroxyl groups excluding tert-OH is 1. The maximum atomic E-state index is 14.5. The molecule has 35 heteroatoms. The summed E-state index contributed by atoms with van der Waals surface area (Å²) in [6.07, 6.45) is 2.72. The fourth-order valence-corrected chi connectivity index (χ4v) is 12.0. The Labute approximate surface area is 664 Å². The Morgan fingerprint density at radius 3 is 1.01 bits per heavy atom. The average Bonchev–Trinajstić information content (AvgIpc) is 0.846. The highest BCUT2D eigenvalue weighted by molar-refractivity contribution is 6.00. The number of nitrogens with two attached hydrogens (primary N) is 5. The highest BCUT2D eigenvalue weighted by atomic mass is 16.4. The van der Waals surface area contributed by atoms with Crippen molar-refractivity contribution in [2.75, 3.05) is 26.2 Å². The first-order valence-electron chi connectivity index (χ1n) is 39.5. The number of rotatable bonds is 54. The second-order valence-electron chi connectivity index (χ2n) is 30.7. The van der Waals surface area contributed by atoms with Crippen molar-refractivity contribution in [1.82, 2.24) is 69.1 Å². The minimum Gasteiger partial charge on any atom is -0.508 e.